The molecule has 0 aromatic heterocycles. The average molecular weight is 599 g/mol. The molecule has 2 unspecified atom stereocenters. The third kappa shape index (κ3) is 6.57. The van der Waals surface area contributed by atoms with Gasteiger partial charge in [-0.15, -0.1) is 0 Å². The van der Waals surface area contributed by atoms with Crippen molar-refractivity contribution in [3.05, 3.63) is 58.4 Å². The molecule has 42 heavy (non-hydrogen) atoms. The van der Waals surface area contributed by atoms with Crippen molar-refractivity contribution in [3.8, 4) is 5.75 Å². The Morgan fingerprint density at radius 1 is 1.00 bits per heavy atom. The van der Waals surface area contributed by atoms with Gasteiger partial charge in [0.2, 0.25) is 11.8 Å². The standard InChI is InChI=1S/C32H40ClFN4O4/c1-21-5-7-27(16-29(21)33)38(31(40)23-9-13-36(14-10-23)22(2)39)12-4-11-35-17-24-19-37(20-25(24)18-35)32(41)28-15-26(34)6-8-30(28)42-3/h5-8,15-16,23-25H,4,9-14,17-20H2,1-3H3. The van der Waals surface area contributed by atoms with Gasteiger partial charge in [0.25, 0.3) is 5.91 Å². The van der Waals surface area contributed by atoms with E-state index in [-0.39, 0.29) is 29.2 Å². The average Bonchev–Trinajstić information content (AvgIpc) is 3.55. The molecule has 226 valence electrons. The minimum Gasteiger partial charge on any atom is -0.496 e. The molecule has 3 aliphatic rings. The number of carbonyl (C=O) groups excluding carboxylic acids is 3. The van der Waals surface area contributed by atoms with Crippen LogP contribution in [0.1, 0.15) is 42.1 Å². The molecule has 2 aromatic rings. The van der Waals surface area contributed by atoms with E-state index in [1.807, 2.05) is 39.8 Å². The number of halogens is 2. The van der Waals surface area contributed by atoms with Crippen LogP contribution in [0.2, 0.25) is 5.02 Å². The first-order valence-corrected chi connectivity index (χ1v) is 15.2. The van der Waals surface area contributed by atoms with Crippen molar-refractivity contribution in [1.29, 1.82) is 0 Å². The lowest BCUT2D eigenvalue weighted by molar-refractivity contribution is -0.133. The van der Waals surface area contributed by atoms with Crippen LogP contribution in [0, 0.1) is 30.5 Å². The van der Waals surface area contributed by atoms with E-state index < -0.39 is 5.82 Å². The molecule has 10 heteroatoms. The van der Waals surface area contributed by atoms with Crippen LogP contribution in [0.4, 0.5) is 10.1 Å². The Labute approximate surface area is 252 Å². The number of rotatable bonds is 8. The number of nitrogens with zero attached hydrogens (tertiary/aromatic N) is 4. The predicted octanol–water partition coefficient (Wildman–Crippen LogP) is 4.48. The first-order valence-electron chi connectivity index (χ1n) is 14.8. The van der Waals surface area contributed by atoms with E-state index in [4.69, 9.17) is 16.3 Å². The summed E-state index contributed by atoms with van der Waals surface area (Å²) < 4.78 is 19.2. The number of fused-ring (bicyclic) bond motifs is 1. The van der Waals surface area contributed by atoms with E-state index in [1.165, 1.54) is 25.3 Å². The van der Waals surface area contributed by atoms with Gasteiger partial charge in [0.1, 0.15) is 11.6 Å². The van der Waals surface area contributed by atoms with Gasteiger partial charge in [-0.2, -0.15) is 0 Å². The first kappa shape index (κ1) is 30.3. The van der Waals surface area contributed by atoms with Crippen molar-refractivity contribution in [3.63, 3.8) is 0 Å². The third-order valence-corrected chi connectivity index (χ3v) is 9.53. The summed E-state index contributed by atoms with van der Waals surface area (Å²) in [7, 11) is 1.49. The summed E-state index contributed by atoms with van der Waals surface area (Å²) in [5.74, 6) is 0.518. The molecule has 8 nitrogen and oxygen atoms in total. The molecule has 5 rings (SSSR count). The molecular formula is C32H40ClFN4O4. The van der Waals surface area contributed by atoms with Crippen LogP contribution in [0.3, 0.4) is 0 Å². The second-order valence-corrected chi connectivity index (χ2v) is 12.3. The lowest BCUT2D eigenvalue weighted by atomic mass is 9.94. The van der Waals surface area contributed by atoms with Crippen LogP contribution >= 0.6 is 11.6 Å². The molecule has 3 fully saturated rings. The fraction of sp³-hybridized carbons (Fsp3) is 0.531. The Bertz CT molecular complexity index is 1320. The van der Waals surface area contributed by atoms with E-state index in [9.17, 15) is 18.8 Å². The zero-order chi connectivity index (χ0) is 30.0. The molecule has 3 aliphatic heterocycles. The van der Waals surface area contributed by atoms with Gasteiger partial charge in [0.05, 0.1) is 12.7 Å². The van der Waals surface area contributed by atoms with Gasteiger partial charge in [-0.1, -0.05) is 17.7 Å². The van der Waals surface area contributed by atoms with Crippen molar-refractivity contribution in [2.45, 2.75) is 33.1 Å². The number of piperidine rings is 1. The number of ether oxygens (including phenoxy) is 1. The van der Waals surface area contributed by atoms with E-state index in [0.29, 0.717) is 68.2 Å². The minimum absolute atomic E-state index is 0.0552. The van der Waals surface area contributed by atoms with Crippen LogP contribution < -0.4 is 9.64 Å². The number of carbonyl (C=O) groups is 3. The first-order chi connectivity index (χ1) is 20.1. The maximum absolute atomic E-state index is 13.9. The van der Waals surface area contributed by atoms with Crippen molar-refractivity contribution in [2.75, 3.05) is 64.4 Å². The normalized spacial score (nSPS) is 21.0. The third-order valence-electron chi connectivity index (χ3n) is 9.12. The Kier molecular flexibility index (Phi) is 9.38. The van der Waals surface area contributed by atoms with Crippen molar-refractivity contribution in [1.82, 2.24) is 14.7 Å². The lowest BCUT2D eigenvalue weighted by Crippen LogP contribution is -2.44. The number of likely N-dealkylation sites (tertiary alicyclic amines) is 3. The highest BCUT2D eigenvalue weighted by atomic mass is 35.5. The SMILES string of the molecule is COc1ccc(F)cc1C(=O)N1CC2CN(CCCN(C(=O)C3CCN(C(C)=O)CC3)c3ccc(C)c(Cl)c3)CC2C1. The van der Waals surface area contributed by atoms with Gasteiger partial charge >= 0.3 is 0 Å². The fourth-order valence-corrected chi connectivity index (χ4v) is 6.86. The predicted molar refractivity (Wildman–Crippen MR) is 160 cm³/mol. The van der Waals surface area contributed by atoms with Gasteiger partial charge in [-0.25, -0.2) is 4.39 Å². The molecule has 3 heterocycles. The summed E-state index contributed by atoms with van der Waals surface area (Å²) in [5, 5.41) is 0.638. The summed E-state index contributed by atoms with van der Waals surface area (Å²) in [5.41, 5.74) is 2.04. The van der Waals surface area contributed by atoms with E-state index in [1.54, 1.807) is 6.92 Å². The van der Waals surface area contributed by atoms with Crippen LogP contribution in [-0.4, -0.2) is 91.9 Å². The molecule has 0 radical (unpaired) electrons. The number of methoxy groups -OCH3 is 1. The number of aryl methyl sites for hydroxylation is 1. The van der Waals surface area contributed by atoms with Gasteiger partial charge < -0.3 is 24.3 Å². The summed E-state index contributed by atoms with van der Waals surface area (Å²) in [6.45, 7) is 9.25. The number of benzene rings is 2. The smallest absolute Gasteiger partial charge is 0.257 e. The van der Waals surface area contributed by atoms with Crippen molar-refractivity contribution >= 4 is 35.0 Å². The molecule has 0 saturated carbocycles. The van der Waals surface area contributed by atoms with E-state index in [2.05, 4.69) is 4.90 Å². The van der Waals surface area contributed by atoms with E-state index >= 15 is 0 Å². The number of hydrogen-bond acceptors (Lipinski definition) is 5. The molecule has 3 amide bonds. The zero-order valence-corrected chi connectivity index (χ0v) is 25.4. The highest BCUT2D eigenvalue weighted by Gasteiger charge is 2.42. The molecule has 0 bridgehead atoms. The molecule has 3 saturated heterocycles. The van der Waals surface area contributed by atoms with Crippen molar-refractivity contribution in [2.24, 2.45) is 17.8 Å². The maximum atomic E-state index is 13.9. The fourth-order valence-electron chi connectivity index (χ4n) is 6.69. The topological polar surface area (TPSA) is 73.4 Å². The Morgan fingerprint density at radius 3 is 2.31 bits per heavy atom. The van der Waals surface area contributed by atoms with Crippen LogP contribution in [0.5, 0.6) is 5.75 Å². The van der Waals surface area contributed by atoms with E-state index in [0.717, 1.165) is 37.3 Å². The summed E-state index contributed by atoms with van der Waals surface area (Å²) >= 11 is 6.45. The number of amides is 3. The summed E-state index contributed by atoms with van der Waals surface area (Å²) in [4.78, 5) is 46.6. The molecule has 0 N–H and O–H groups in total. The van der Waals surface area contributed by atoms with Crippen molar-refractivity contribution < 1.29 is 23.5 Å². The second-order valence-electron chi connectivity index (χ2n) is 11.9. The minimum atomic E-state index is -0.452. The van der Waals surface area contributed by atoms with Gasteiger partial charge in [-0.05, 0) is 80.5 Å². The molecule has 2 atom stereocenters. The van der Waals surface area contributed by atoms with Gasteiger partial charge in [0.15, 0.2) is 0 Å². The lowest BCUT2D eigenvalue weighted by Gasteiger charge is -2.34. The summed E-state index contributed by atoms with van der Waals surface area (Å²) in [6.07, 6.45) is 2.15. The quantitative estimate of drug-likeness (QED) is 0.448. The molecule has 0 aliphatic carbocycles. The van der Waals surface area contributed by atoms with Crippen LogP contribution in [0.25, 0.3) is 0 Å². The summed E-state index contributed by atoms with van der Waals surface area (Å²) in [6, 6.07) is 9.83. The Hall–Kier alpha value is -3.17. The van der Waals surface area contributed by atoms with Gasteiger partial charge in [-0.3, -0.25) is 14.4 Å². The Balaban J connectivity index is 1.17. The van der Waals surface area contributed by atoms with Crippen LogP contribution in [0.15, 0.2) is 36.4 Å². The maximum Gasteiger partial charge on any atom is 0.257 e. The largest absolute Gasteiger partial charge is 0.496 e. The monoisotopic (exact) mass is 598 g/mol. The van der Waals surface area contributed by atoms with Gasteiger partial charge in [0, 0.05) is 69.4 Å². The second kappa shape index (κ2) is 13.0. The van der Waals surface area contributed by atoms with Crippen LogP contribution in [-0.2, 0) is 9.59 Å². The highest BCUT2D eigenvalue weighted by molar-refractivity contribution is 6.31. The Morgan fingerprint density at radius 2 is 1.69 bits per heavy atom. The number of anilines is 1. The zero-order valence-electron chi connectivity index (χ0n) is 24.7. The number of hydrogen-bond donors (Lipinski definition) is 0. The molecule has 0 spiro atoms. The molecule has 2 aromatic carbocycles. The molecular weight excluding hydrogens is 559 g/mol. The highest BCUT2D eigenvalue weighted by Crippen LogP contribution is 2.34.